The summed E-state index contributed by atoms with van der Waals surface area (Å²) in [6.45, 7) is 6.13. The molecule has 0 spiro atoms. The lowest BCUT2D eigenvalue weighted by atomic mass is 9.81. The van der Waals surface area contributed by atoms with E-state index in [-0.39, 0.29) is 0 Å². The number of unbranched alkanes of at least 4 members (excludes halogenated alkanes) is 1. The van der Waals surface area contributed by atoms with Gasteiger partial charge >= 0.3 is 7.82 Å². The molecular formula is C16H27O4P. The maximum absolute atomic E-state index is 11.5. The first-order valence-corrected chi connectivity index (χ1v) is 9.26. The van der Waals surface area contributed by atoms with E-state index in [1.165, 1.54) is 0 Å². The van der Waals surface area contributed by atoms with Gasteiger partial charge in [0.1, 0.15) is 5.60 Å². The number of phosphoric acid groups is 1. The predicted octanol–water partition coefficient (Wildman–Crippen LogP) is 4.54. The zero-order chi connectivity index (χ0) is 15.9. The number of rotatable bonds is 9. The van der Waals surface area contributed by atoms with Crippen molar-refractivity contribution < 1.29 is 18.9 Å². The fourth-order valence-corrected chi connectivity index (χ4v) is 3.64. The van der Waals surface area contributed by atoms with E-state index in [1.54, 1.807) is 0 Å². The Hall–Kier alpha value is -0.670. The van der Waals surface area contributed by atoms with Gasteiger partial charge in [-0.2, -0.15) is 0 Å². The molecule has 4 nitrogen and oxygen atoms in total. The topological polar surface area (TPSA) is 66.8 Å². The highest BCUT2D eigenvalue weighted by molar-refractivity contribution is 7.46. The van der Waals surface area contributed by atoms with Crippen LogP contribution in [0.25, 0.3) is 0 Å². The van der Waals surface area contributed by atoms with Crippen LogP contribution < -0.4 is 0 Å². The van der Waals surface area contributed by atoms with Gasteiger partial charge in [-0.3, -0.25) is 4.52 Å². The van der Waals surface area contributed by atoms with Crippen LogP contribution in [0.3, 0.4) is 0 Å². The lowest BCUT2D eigenvalue weighted by Crippen LogP contribution is -2.30. The summed E-state index contributed by atoms with van der Waals surface area (Å²) < 4.78 is 16.9. The summed E-state index contributed by atoms with van der Waals surface area (Å²) in [6, 6.07) is 7.82. The fourth-order valence-electron chi connectivity index (χ4n) is 2.90. The first kappa shape index (κ1) is 18.4. The molecule has 0 aliphatic carbocycles. The van der Waals surface area contributed by atoms with Gasteiger partial charge in [0.25, 0.3) is 0 Å². The van der Waals surface area contributed by atoms with Crippen molar-refractivity contribution in [2.24, 2.45) is 0 Å². The van der Waals surface area contributed by atoms with Crippen LogP contribution in [-0.2, 0) is 21.1 Å². The monoisotopic (exact) mass is 314 g/mol. The van der Waals surface area contributed by atoms with Gasteiger partial charge in [0.05, 0.1) is 0 Å². The highest BCUT2D eigenvalue weighted by Gasteiger charge is 2.39. The Labute approximate surface area is 127 Å². The molecule has 1 aromatic rings. The highest BCUT2D eigenvalue weighted by Crippen LogP contribution is 2.50. The molecule has 0 radical (unpaired) electrons. The Morgan fingerprint density at radius 2 is 1.76 bits per heavy atom. The number of aryl methyl sites for hydroxylation is 1. The molecule has 0 saturated heterocycles. The van der Waals surface area contributed by atoms with Crippen LogP contribution in [0.1, 0.15) is 64.0 Å². The highest BCUT2D eigenvalue weighted by atomic mass is 31.2. The Balaban J connectivity index is 3.34. The lowest BCUT2D eigenvalue weighted by molar-refractivity contribution is 0.0118. The molecule has 0 saturated carbocycles. The first-order chi connectivity index (χ1) is 9.88. The molecule has 2 N–H and O–H groups in total. The summed E-state index contributed by atoms with van der Waals surface area (Å²) in [7, 11) is -4.55. The van der Waals surface area contributed by atoms with Crippen LogP contribution >= 0.6 is 7.82 Å². The van der Waals surface area contributed by atoms with Gasteiger partial charge in [-0.15, -0.1) is 0 Å². The number of hydrogen-bond acceptors (Lipinski definition) is 2. The number of benzene rings is 1. The third-order valence-electron chi connectivity index (χ3n) is 3.77. The van der Waals surface area contributed by atoms with Crippen molar-refractivity contribution in [2.75, 3.05) is 0 Å². The van der Waals surface area contributed by atoms with Gasteiger partial charge in [0, 0.05) is 0 Å². The molecule has 0 fully saturated rings. The number of hydrogen-bond donors (Lipinski definition) is 2. The van der Waals surface area contributed by atoms with Gasteiger partial charge in [-0.1, -0.05) is 64.3 Å². The summed E-state index contributed by atoms with van der Waals surface area (Å²) in [5, 5.41) is 0. The van der Waals surface area contributed by atoms with Gasteiger partial charge in [0.15, 0.2) is 0 Å². The zero-order valence-electron chi connectivity index (χ0n) is 13.2. The van der Waals surface area contributed by atoms with Crippen molar-refractivity contribution in [2.45, 2.75) is 64.9 Å². The van der Waals surface area contributed by atoms with E-state index >= 15 is 0 Å². The first-order valence-electron chi connectivity index (χ1n) is 7.73. The Kier molecular flexibility index (Phi) is 7.08. The van der Waals surface area contributed by atoms with Crippen molar-refractivity contribution >= 4 is 7.82 Å². The largest absolute Gasteiger partial charge is 0.470 e. The molecule has 120 valence electrons. The molecule has 21 heavy (non-hydrogen) atoms. The summed E-state index contributed by atoms with van der Waals surface area (Å²) in [5.74, 6) is 0. The predicted molar refractivity (Wildman–Crippen MR) is 85.1 cm³/mol. The molecule has 0 bridgehead atoms. The van der Waals surface area contributed by atoms with Crippen LogP contribution in [0.15, 0.2) is 24.3 Å². The lowest BCUT2D eigenvalue weighted by Gasteiger charge is -2.35. The van der Waals surface area contributed by atoms with E-state index in [0.29, 0.717) is 12.8 Å². The third kappa shape index (κ3) is 5.23. The molecule has 0 aliphatic rings. The van der Waals surface area contributed by atoms with Crippen LogP contribution in [0, 0.1) is 0 Å². The molecule has 1 atom stereocenters. The van der Waals surface area contributed by atoms with Gasteiger partial charge in [0.2, 0.25) is 0 Å². The fraction of sp³-hybridized carbons (Fsp3) is 0.625. The Morgan fingerprint density at radius 3 is 2.29 bits per heavy atom. The molecule has 1 aromatic carbocycles. The second-order valence-corrected chi connectivity index (χ2v) is 6.60. The molecule has 0 aliphatic heterocycles. The minimum atomic E-state index is -4.55. The third-order valence-corrected chi connectivity index (χ3v) is 4.36. The molecule has 5 heteroatoms. The summed E-state index contributed by atoms with van der Waals surface area (Å²) in [6.07, 6.45) is 4.69. The van der Waals surface area contributed by atoms with E-state index in [4.69, 9.17) is 4.52 Å². The molecule has 1 unspecified atom stereocenters. The maximum atomic E-state index is 11.5. The van der Waals surface area contributed by atoms with Crippen LogP contribution in [-0.4, -0.2) is 9.79 Å². The minimum Gasteiger partial charge on any atom is -0.303 e. The second-order valence-electron chi connectivity index (χ2n) is 5.44. The van der Waals surface area contributed by atoms with Gasteiger partial charge < -0.3 is 9.79 Å². The normalized spacial score (nSPS) is 14.9. The van der Waals surface area contributed by atoms with E-state index in [2.05, 4.69) is 6.92 Å². The summed E-state index contributed by atoms with van der Waals surface area (Å²) >= 11 is 0. The number of phosphoric ester groups is 1. The van der Waals surface area contributed by atoms with Crippen molar-refractivity contribution in [3.05, 3.63) is 35.4 Å². The summed E-state index contributed by atoms with van der Waals surface area (Å²) in [5.41, 5.74) is 1.12. The Morgan fingerprint density at radius 1 is 1.10 bits per heavy atom. The zero-order valence-corrected chi connectivity index (χ0v) is 14.1. The van der Waals surface area contributed by atoms with Crippen molar-refractivity contribution in [1.82, 2.24) is 0 Å². The maximum Gasteiger partial charge on any atom is 0.470 e. The van der Waals surface area contributed by atoms with E-state index < -0.39 is 13.4 Å². The molecule has 0 aromatic heterocycles. The van der Waals surface area contributed by atoms with Crippen LogP contribution in [0.5, 0.6) is 0 Å². The van der Waals surface area contributed by atoms with Crippen molar-refractivity contribution in [3.8, 4) is 0 Å². The minimum absolute atomic E-state index is 0.606. The van der Waals surface area contributed by atoms with E-state index in [0.717, 1.165) is 36.8 Å². The average Bonchev–Trinajstić information content (AvgIpc) is 2.43. The molecular weight excluding hydrogens is 287 g/mol. The van der Waals surface area contributed by atoms with Crippen LogP contribution in [0.4, 0.5) is 0 Å². The second kappa shape index (κ2) is 8.09. The van der Waals surface area contributed by atoms with E-state index in [9.17, 15) is 14.4 Å². The van der Waals surface area contributed by atoms with E-state index in [1.807, 2.05) is 38.1 Å². The molecule has 1 rings (SSSR count). The van der Waals surface area contributed by atoms with Crippen molar-refractivity contribution in [1.29, 1.82) is 0 Å². The van der Waals surface area contributed by atoms with Gasteiger partial charge in [-0.25, -0.2) is 4.57 Å². The van der Waals surface area contributed by atoms with Crippen LogP contribution in [0.2, 0.25) is 0 Å². The molecule has 0 amide bonds. The molecule has 0 heterocycles. The SMILES string of the molecule is CCCCC(CCC)(OP(=O)(O)O)c1ccccc1CC. The summed E-state index contributed by atoms with van der Waals surface area (Å²) in [4.78, 5) is 18.8. The quantitative estimate of drug-likeness (QED) is 0.656. The smallest absolute Gasteiger partial charge is 0.303 e. The standard InChI is InChI=1S/C16H27O4P/c1-4-7-13-16(12-5-2,20-21(17,18)19)15-11-9-8-10-14(15)6-3/h8-11H,4-7,12-13H2,1-3H3,(H2,17,18,19). The Bertz CT molecular complexity index is 483. The average molecular weight is 314 g/mol. The van der Waals surface area contributed by atoms with Crippen molar-refractivity contribution in [3.63, 3.8) is 0 Å². The van der Waals surface area contributed by atoms with Gasteiger partial charge in [-0.05, 0) is 30.4 Å².